The average molecular weight is 337 g/mol. The number of fused-ring (bicyclic) bond motifs is 1. The largest absolute Gasteiger partial charge is 0.447 e. The highest BCUT2D eigenvalue weighted by molar-refractivity contribution is 5.94. The number of nitrogens with zero attached hydrogens (tertiary/aromatic N) is 2. The number of cyclic esters (lactones) is 1. The van der Waals surface area contributed by atoms with Gasteiger partial charge in [-0.05, 0) is 18.2 Å². The predicted molar refractivity (Wildman–Crippen MR) is 97.8 cm³/mol. The van der Waals surface area contributed by atoms with Crippen LogP contribution < -0.4 is 10.5 Å². The Labute approximate surface area is 145 Å². The van der Waals surface area contributed by atoms with E-state index in [9.17, 15) is 9.59 Å². The molecule has 0 saturated carbocycles. The highest BCUT2D eigenvalue weighted by Crippen LogP contribution is 2.27. The molecule has 1 N–H and O–H groups in total. The number of benzene rings is 2. The Hall–Kier alpha value is -3.15. The van der Waals surface area contributed by atoms with E-state index in [0.717, 1.165) is 16.6 Å². The summed E-state index contributed by atoms with van der Waals surface area (Å²) in [5.41, 5.74) is 2.15. The van der Waals surface area contributed by atoms with Crippen molar-refractivity contribution in [2.45, 2.75) is 13.8 Å². The number of carbonyl (C=O) groups excluding carboxylic acids is 1. The van der Waals surface area contributed by atoms with E-state index < -0.39 is 0 Å². The number of ether oxygens (including phenoxy) is 1. The minimum absolute atomic E-state index is 0.208. The highest BCUT2D eigenvalue weighted by Gasteiger charge is 2.23. The molecule has 3 aromatic rings. The first-order valence-corrected chi connectivity index (χ1v) is 8.26. The summed E-state index contributed by atoms with van der Waals surface area (Å²) in [7, 11) is 0. The van der Waals surface area contributed by atoms with Crippen molar-refractivity contribution in [2.75, 3.05) is 18.1 Å². The third-order valence-corrected chi connectivity index (χ3v) is 3.91. The molecule has 4 rings (SSSR count). The first-order chi connectivity index (χ1) is 12.2. The van der Waals surface area contributed by atoms with Gasteiger partial charge in [-0.3, -0.25) is 9.69 Å². The van der Waals surface area contributed by atoms with Gasteiger partial charge in [0.15, 0.2) is 0 Å². The van der Waals surface area contributed by atoms with E-state index in [1.807, 2.05) is 56.3 Å². The summed E-state index contributed by atoms with van der Waals surface area (Å²) in [6.45, 7) is 4.96. The van der Waals surface area contributed by atoms with Crippen molar-refractivity contribution in [3.8, 4) is 11.3 Å². The van der Waals surface area contributed by atoms with E-state index >= 15 is 0 Å². The third kappa shape index (κ3) is 3.10. The predicted octanol–water partition coefficient (Wildman–Crippen LogP) is 3.57. The van der Waals surface area contributed by atoms with Crippen molar-refractivity contribution >= 4 is 22.6 Å². The zero-order valence-corrected chi connectivity index (χ0v) is 14.2. The molecule has 0 atom stereocenters. The van der Waals surface area contributed by atoms with Crippen LogP contribution in [0.5, 0.6) is 0 Å². The normalized spacial score (nSPS) is 13.4. The lowest BCUT2D eigenvalue weighted by Crippen LogP contribution is -2.23. The van der Waals surface area contributed by atoms with E-state index in [-0.39, 0.29) is 11.7 Å². The number of hydrogen-bond acceptors (Lipinski definition) is 4. The van der Waals surface area contributed by atoms with E-state index in [2.05, 4.69) is 10.2 Å². The summed E-state index contributed by atoms with van der Waals surface area (Å²) in [6, 6.07) is 14.8. The third-order valence-electron chi connectivity index (χ3n) is 3.91. The van der Waals surface area contributed by atoms with Gasteiger partial charge in [0.25, 0.3) is 5.56 Å². The molecule has 6 heteroatoms. The van der Waals surface area contributed by atoms with Crippen molar-refractivity contribution in [3.05, 3.63) is 58.9 Å². The van der Waals surface area contributed by atoms with E-state index in [1.54, 1.807) is 11.0 Å². The SMILES string of the molecule is CC.O=C1OCCN1c1ccc(-c2n[nH]c(=O)c3ccccc23)cc1. The standard InChI is InChI=1S/C17H13N3O3.C2H6/c21-16-14-4-2-1-3-13(14)15(18-19-16)11-5-7-12(8-6-11)20-9-10-23-17(20)22;1-2/h1-8H,9-10H2,(H,19,21);1-2H3. The molecule has 0 unspecified atom stereocenters. The van der Waals surface area contributed by atoms with Crippen LogP contribution in [0.3, 0.4) is 0 Å². The van der Waals surface area contributed by atoms with Gasteiger partial charge >= 0.3 is 6.09 Å². The quantitative estimate of drug-likeness (QED) is 0.775. The number of hydrogen-bond donors (Lipinski definition) is 1. The summed E-state index contributed by atoms with van der Waals surface area (Å²) in [5, 5.41) is 8.10. The number of aromatic amines is 1. The second-order valence-corrected chi connectivity index (χ2v) is 5.26. The van der Waals surface area contributed by atoms with E-state index in [0.29, 0.717) is 24.2 Å². The maximum Gasteiger partial charge on any atom is 0.414 e. The molecule has 1 aliphatic heterocycles. The molecular weight excluding hydrogens is 318 g/mol. The minimum atomic E-state index is -0.328. The summed E-state index contributed by atoms with van der Waals surface area (Å²) < 4.78 is 4.94. The number of aromatic nitrogens is 2. The van der Waals surface area contributed by atoms with Crippen LogP contribution in [0.1, 0.15) is 13.8 Å². The molecule has 2 heterocycles. The second kappa shape index (κ2) is 7.17. The Morgan fingerprint density at radius 1 is 1.00 bits per heavy atom. The van der Waals surface area contributed by atoms with Gasteiger partial charge in [0, 0.05) is 16.6 Å². The topological polar surface area (TPSA) is 75.3 Å². The first-order valence-electron chi connectivity index (χ1n) is 8.26. The van der Waals surface area contributed by atoms with Gasteiger partial charge in [0.05, 0.1) is 17.6 Å². The number of anilines is 1. The maximum atomic E-state index is 11.9. The highest BCUT2D eigenvalue weighted by atomic mass is 16.6. The van der Waals surface area contributed by atoms with Gasteiger partial charge in [0.2, 0.25) is 0 Å². The fourth-order valence-electron chi connectivity index (χ4n) is 2.76. The van der Waals surface area contributed by atoms with Crippen LogP contribution in [0.4, 0.5) is 10.5 Å². The van der Waals surface area contributed by atoms with Crippen molar-refractivity contribution in [1.29, 1.82) is 0 Å². The Balaban J connectivity index is 0.000000880. The Morgan fingerprint density at radius 3 is 2.32 bits per heavy atom. The molecule has 1 aliphatic rings. The van der Waals surface area contributed by atoms with Crippen LogP contribution in [0, 0.1) is 0 Å². The van der Waals surface area contributed by atoms with Crippen LogP contribution >= 0.6 is 0 Å². The van der Waals surface area contributed by atoms with Crippen molar-refractivity contribution in [1.82, 2.24) is 10.2 Å². The van der Waals surface area contributed by atoms with Crippen molar-refractivity contribution in [3.63, 3.8) is 0 Å². The molecular formula is C19H19N3O3. The molecule has 0 spiro atoms. The number of rotatable bonds is 2. The van der Waals surface area contributed by atoms with Crippen LogP contribution in [-0.4, -0.2) is 29.4 Å². The zero-order chi connectivity index (χ0) is 17.8. The molecule has 1 amide bonds. The van der Waals surface area contributed by atoms with Crippen molar-refractivity contribution in [2.24, 2.45) is 0 Å². The fourth-order valence-corrected chi connectivity index (χ4v) is 2.76. The van der Waals surface area contributed by atoms with Crippen LogP contribution in [-0.2, 0) is 4.74 Å². The number of nitrogens with one attached hydrogen (secondary N) is 1. The zero-order valence-electron chi connectivity index (χ0n) is 14.2. The fraction of sp³-hybridized carbons (Fsp3) is 0.211. The van der Waals surface area contributed by atoms with E-state index in [1.165, 1.54) is 0 Å². The molecule has 128 valence electrons. The summed E-state index contributed by atoms with van der Waals surface area (Å²) in [5.74, 6) is 0. The molecule has 1 aromatic heterocycles. The molecule has 25 heavy (non-hydrogen) atoms. The molecule has 2 aromatic carbocycles. The molecule has 0 aliphatic carbocycles. The molecule has 1 fully saturated rings. The lowest BCUT2D eigenvalue weighted by atomic mass is 10.0. The minimum Gasteiger partial charge on any atom is -0.447 e. The summed E-state index contributed by atoms with van der Waals surface area (Å²) in [6.07, 6.45) is -0.328. The molecule has 0 bridgehead atoms. The van der Waals surface area contributed by atoms with E-state index in [4.69, 9.17) is 4.74 Å². The number of carbonyl (C=O) groups is 1. The summed E-state index contributed by atoms with van der Waals surface area (Å²) >= 11 is 0. The maximum absolute atomic E-state index is 11.9. The second-order valence-electron chi connectivity index (χ2n) is 5.26. The number of amides is 1. The van der Waals surface area contributed by atoms with Crippen LogP contribution in [0.15, 0.2) is 53.3 Å². The lowest BCUT2D eigenvalue weighted by molar-refractivity contribution is 0.181. The summed E-state index contributed by atoms with van der Waals surface area (Å²) in [4.78, 5) is 25.0. The monoisotopic (exact) mass is 337 g/mol. The van der Waals surface area contributed by atoms with Gasteiger partial charge in [-0.25, -0.2) is 9.89 Å². The Kier molecular flexibility index (Phi) is 4.79. The van der Waals surface area contributed by atoms with Gasteiger partial charge in [-0.15, -0.1) is 0 Å². The van der Waals surface area contributed by atoms with Gasteiger partial charge < -0.3 is 4.74 Å². The molecule has 1 saturated heterocycles. The van der Waals surface area contributed by atoms with Gasteiger partial charge in [-0.2, -0.15) is 5.10 Å². The Morgan fingerprint density at radius 2 is 1.68 bits per heavy atom. The van der Waals surface area contributed by atoms with Crippen LogP contribution in [0.2, 0.25) is 0 Å². The first kappa shape index (κ1) is 16.7. The molecule has 0 radical (unpaired) electrons. The smallest absolute Gasteiger partial charge is 0.414 e. The lowest BCUT2D eigenvalue weighted by Gasteiger charge is -2.13. The molecule has 6 nitrogen and oxygen atoms in total. The number of H-pyrrole nitrogens is 1. The van der Waals surface area contributed by atoms with Crippen LogP contribution in [0.25, 0.3) is 22.0 Å². The Bertz CT molecular complexity index is 948. The van der Waals surface area contributed by atoms with Gasteiger partial charge in [0.1, 0.15) is 6.61 Å². The van der Waals surface area contributed by atoms with Crippen molar-refractivity contribution < 1.29 is 9.53 Å². The average Bonchev–Trinajstić information content (AvgIpc) is 3.10. The van der Waals surface area contributed by atoms with Gasteiger partial charge in [-0.1, -0.05) is 44.2 Å².